The molecule has 0 aliphatic heterocycles. The molecule has 0 fully saturated rings. The molecule has 11 heteroatoms. The molecule has 0 radical (unpaired) electrons. The van der Waals surface area contributed by atoms with E-state index in [0.717, 1.165) is 16.9 Å². The molecule has 0 saturated heterocycles. The number of hydrogen-bond acceptors (Lipinski definition) is 8. The van der Waals surface area contributed by atoms with Crippen LogP contribution in [-0.2, 0) is 4.74 Å². The summed E-state index contributed by atoms with van der Waals surface area (Å²) in [7, 11) is 2.97. The van der Waals surface area contributed by atoms with E-state index in [1.807, 2.05) is 0 Å². The highest BCUT2D eigenvalue weighted by atomic mass is 35.5. The number of pyridine rings is 1. The molecule has 8 nitrogen and oxygen atoms in total. The molecule has 0 spiro atoms. The Kier molecular flexibility index (Phi) is 7.73. The maximum Gasteiger partial charge on any atom is 0.296 e. The van der Waals surface area contributed by atoms with Crippen molar-refractivity contribution in [3.63, 3.8) is 0 Å². The molecular weight excluding hydrogens is 459 g/mol. The predicted molar refractivity (Wildman–Crippen MR) is 120 cm³/mol. The van der Waals surface area contributed by atoms with Crippen molar-refractivity contribution in [2.75, 3.05) is 32.8 Å². The second kappa shape index (κ2) is 10.5. The molecule has 168 valence electrons. The largest absolute Gasteiger partial charge is 0.496 e. The van der Waals surface area contributed by atoms with Crippen molar-refractivity contribution in [1.82, 2.24) is 15.2 Å². The first-order valence-corrected chi connectivity index (χ1v) is 10.5. The second-order valence-electron chi connectivity index (χ2n) is 6.61. The number of nitrogens with zero attached hydrogens (tertiary/aromatic N) is 3. The van der Waals surface area contributed by atoms with Gasteiger partial charge < -0.3 is 14.2 Å². The van der Waals surface area contributed by atoms with Gasteiger partial charge in [0, 0.05) is 24.6 Å². The molecule has 0 aliphatic carbocycles. The van der Waals surface area contributed by atoms with Crippen LogP contribution in [0, 0.1) is 12.7 Å². The Morgan fingerprint density at radius 1 is 1.28 bits per heavy atom. The summed E-state index contributed by atoms with van der Waals surface area (Å²) >= 11 is 7.01. The molecule has 0 aliphatic rings. The molecule has 2 aromatic heterocycles. The zero-order valence-electron chi connectivity index (χ0n) is 17.6. The van der Waals surface area contributed by atoms with Crippen molar-refractivity contribution in [2.45, 2.75) is 6.92 Å². The third-order valence-electron chi connectivity index (χ3n) is 4.21. The van der Waals surface area contributed by atoms with Crippen LogP contribution in [0.25, 0.3) is 11.1 Å². The van der Waals surface area contributed by atoms with Crippen molar-refractivity contribution in [3.05, 3.63) is 58.6 Å². The molecular formula is C21H20ClFN4O4S. The first-order chi connectivity index (χ1) is 15.3. The zero-order valence-corrected chi connectivity index (χ0v) is 19.1. The minimum atomic E-state index is -0.700. The summed E-state index contributed by atoms with van der Waals surface area (Å²) in [5.41, 5.74) is 1.76. The van der Waals surface area contributed by atoms with Gasteiger partial charge in [0.25, 0.3) is 11.1 Å². The molecule has 32 heavy (non-hydrogen) atoms. The molecule has 0 atom stereocenters. The summed E-state index contributed by atoms with van der Waals surface area (Å²) in [4.78, 5) is 17.2. The Hall–Kier alpha value is -3.08. The summed E-state index contributed by atoms with van der Waals surface area (Å²) in [5, 5.41) is 10.8. The zero-order chi connectivity index (χ0) is 23.3. The number of methoxy groups -OCH3 is 2. The fourth-order valence-corrected chi connectivity index (χ4v) is 3.54. The third-order valence-corrected chi connectivity index (χ3v) is 5.25. The third kappa shape index (κ3) is 5.39. The number of aryl methyl sites for hydroxylation is 1. The van der Waals surface area contributed by atoms with Gasteiger partial charge in [0.15, 0.2) is 5.82 Å². The number of carbonyl (C=O) groups is 1. The van der Waals surface area contributed by atoms with E-state index in [0.29, 0.717) is 12.3 Å². The van der Waals surface area contributed by atoms with Crippen LogP contribution in [0.2, 0.25) is 5.02 Å². The van der Waals surface area contributed by atoms with E-state index in [-0.39, 0.29) is 44.4 Å². The highest BCUT2D eigenvalue weighted by Gasteiger charge is 2.23. The Balaban J connectivity index is 1.87. The quantitative estimate of drug-likeness (QED) is 0.451. The number of benzene rings is 1. The Morgan fingerprint density at radius 3 is 2.78 bits per heavy atom. The minimum Gasteiger partial charge on any atom is -0.496 e. The number of amides is 1. The molecule has 0 bridgehead atoms. The molecule has 1 aromatic carbocycles. The highest BCUT2D eigenvalue weighted by Crippen LogP contribution is 2.38. The lowest BCUT2D eigenvalue weighted by molar-refractivity contribution is 0.102. The van der Waals surface area contributed by atoms with Crippen molar-refractivity contribution in [3.8, 4) is 22.1 Å². The normalized spacial score (nSPS) is 10.7. The predicted octanol–water partition coefficient (Wildman–Crippen LogP) is 4.54. The van der Waals surface area contributed by atoms with Gasteiger partial charge in [-0.15, -0.1) is 5.10 Å². The van der Waals surface area contributed by atoms with Gasteiger partial charge in [-0.25, -0.2) is 4.39 Å². The molecule has 1 amide bonds. The van der Waals surface area contributed by atoms with E-state index in [2.05, 4.69) is 27.1 Å². The van der Waals surface area contributed by atoms with Gasteiger partial charge in [0.2, 0.25) is 5.13 Å². The molecule has 3 aromatic rings. The van der Waals surface area contributed by atoms with Crippen LogP contribution in [0.4, 0.5) is 9.52 Å². The average molecular weight is 479 g/mol. The minimum absolute atomic E-state index is 0.0635. The highest BCUT2D eigenvalue weighted by molar-refractivity contribution is 7.17. The summed E-state index contributed by atoms with van der Waals surface area (Å²) in [6.07, 6.45) is 1.35. The lowest BCUT2D eigenvalue weighted by Crippen LogP contribution is -2.14. The topological polar surface area (TPSA) is 95.5 Å². The number of hydrogen-bond donors (Lipinski definition) is 1. The van der Waals surface area contributed by atoms with Gasteiger partial charge in [-0.05, 0) is 42.0 Å². The number of aromatic nitrogens is 3. The number of carbonyl (C=O) groups excluding carboxylic acids is 1. The summed E-state index contributed by atoms with van der Waals surface area (Å²) < 4.78 is 30.7. The Labute approximate surface area is 193 Å². The average Bonchev–Trinajstić information content (AvgIpc) is 3.21. The molecule has 1 N–H and O–H groups in total. The maximum atomic E-state index is 14.9. The smallest absolute Gasteiger partial charge is 0.296 e. The number of halogens is 2. The maximum absolute atomic E-state index is 14.9. The van der Waals surface area contributed by atoms with E-state index < -0.39 is 11.7 Å². The Morgan fingerprint density at radius 2 is 2.06 bits per heavy atom. The van der Waals surface area contributed by atoms with Gasteiger partial charge in [0.1, 0.15) is 12.4 Å². The second-order valence-corrected chi connectivity index (χ2v) is 7.96. The summed E-state index contributed by atoms with van der Waals surface area (Å²) in [6.45, 7) is 6.10. The first-order valence-electron chi connectivity index (χ1n) is 9.26. The molecule has 0 unspecified atom stereocenters. The van der Waals surface area contributed by atoms with Crippen LogP contribution >= 0.6 is 22.9 Å². The SMILES string of the molecule is C=C(COC)COc1nnc(NC(=O)c2cnc(C)cc2-c2c(OC)ccc(Cl)c2F)s1. The van der Waals surface area contributed by atoms with Gasteiger partial charge in [-0.3, -0.25) is 15.1 Å². The summed E-state index contributed by atoms with van der Waals surface area (Å²) in [5.74, 6) is -1.02. The van der Waals surface area contributed by atoms with E-state index in [1.165, 1.54) is 25.4 Å². The number of rotatable bonds is 9. The lowest BCUT2D eigenvalue weighted by Gasteiger charge is -2.14. The van der Waals surface area contributed by atoms with Crippen LogP contribution in [0.1, 0.15) is 16.1 Å². The fourth-order valence-electron chi connectivity index (χ4n) is 2.79. The Bertz CT molecular complexity index is 1150. The standard InChI is InChI=1S/C21H20ClFN4O4S/c1-11(9-29-3)10-31-21-27-26-20(32-21)25-19(28)14-8-24-12(2)7-13(14)17-16(30-4)6-5-15(22)18(17)23/h5-8H,1,9-10H2,2-4H3,(H,25,26,28). The van der Waals surface area contributed by atoms with Crippen LogP contribution in [0.15, 0.2) is 36.5 Å². The van der Waals surface area contributed by atoms with Gasteiger partial charge in [0.05, 0.1) is 29.9 Å². The molecule has 3 rings (SSSR count). The van der Waals surface area contributed by atoms with Crippen molar-refractivity contribution in [2.24, 2.45) is 0 Å². The van der Waals surface area contributed by atoms with Crippen molar-refractivity contribution >= 4 is 34.0 Å². The van der Waals surface area contributed by atoms with E-state index in [4.69, 9.17) is 25.8 Å². The van der Waals surface area contributed by atoms with Gasteiger partial charge in [-0.1, -0.05) is 23.3 Å². The van der Waals surface area contributed by atoms with Crippen molar-refractivity contribution in [1.29, 1.82) is 0 Å². The van der Waals surface area contributed by atoms with Crippen LogP contribution < -0.4 is 14.8 Å². The van der Waals surface area contributed by atoms with Gasteiger partial charge >= 0.3 is 0 Å². The van der Waals surface area contributed by atoms with E-state index in [9.17, 15) is 9.18 Å². The molecule has 2 heterocycles. The van der Waals surface area contributed by atoms with Crippen LogP contribution in [0.3, 0.4) is 0 Å². The van der Waals surface area contributed by atoms with Gasteiger partial charge in [-0.2, -0.15) is 0 Å². The van der Waals surface area contributed by atoms with Crippen LogP contribution in [-0.4, -0.2) is 48.5 Å². The van der Waals surface area contributed by atoms with E-state index in [1.54, 1.807) is 20.1 Å². The fraction of sp³-hybridized carbons (Fsp3) is 0.238. The first kappa shape index (κ1) is 23.6. The van der Waals surface area contributed by atoms with Crippen molar-refractivity contribution < 1.29 is 23.4 Å². The molecule has 0 saturated carbocycles. The number of ether oxygens (including phenoxy) is 3. The van der Waals surface area contributed by atoms with E-state index >= 15 is 0 Å². The number of anilines is 1. The monoisotopic (exact) mass is 478 g/mol. The lowest BCUT2D eigenvalue weighted by atomic mass is 9.98. The van der Waals surface area contributed by atoms with Crippen LogP contribution in [0.5, 0.6) is 10.9 Å². The summed E-state index contributed by atoms with van der Waals surface area (Å²) in [6, 6.07) is 4.50. The number of nitrogens with one attached hydrogen (secondary N) is 1.